The topological polar surface area (TPSA) is 61.4 Å². The molecular formula is C11H13ClN2O2. The first-order chi connectivity index (χ1) is 7.63. The van der Waals surface area contributed by atoms with Crippen LogP contribution >= 0.6 is 11.6 Å². The molecule has 0 aliphatic heterocycles. The fourth-order valence-electron chi connectivity index (χ4n) is 1.08. The zero-order valence-electron chi connectivity index (χ0n) is 8.66. The SMILES string of the molecule is C=CCNCC(=O)Nc1ccc(O)c(Cl)c1. The summed E-state index contributed by atoms with van der Waals surface area (Å²) in [6.07, 6.45) is 1.67. The maximum absolute atomic E-state index is 11.4. The van der Waals surface area contributed by atoms with Crippen molar-refractivity contribution in [1.29, 1.82) is 0 Å². The Morgan fingerprint density at radius 3 is 2.94 bits per heavy atom. The maximum atomic E-state index is 11.4. The maximum Gasteiger partial charge on any atom is 0.238 e. The molecule has 5 heteroatoms. The summed E-state index contributed by atoms with van der Waals surface area (Å²) in [5, 5.41) is 14.9. The van der Waals surface area contributed by atoms with Gasteiger partial charge in [-0.15, -0.1) is 6.58 Å². The van der Waals surface area contributed by atoms with Crippen LogP contribution in [0.5, 0.6) is 5.75 Å². The summed E-state index contributed by atoms with van der Waals surface area (Å²) < 4.78 is 0. The van der Waals surface area contributed by atoms with Gasteiger partial charge in [0.1, 0.15) is 5.75 Å². The Kier molecular flexibility index (Phi) is 4.82. The number of anilines is 1. The van der Waals surface area contributed by atoms with Gasteiger partial charge < -0.3 is 15.7 Å². The van der Waals surface area contributed by atoms with Gasteiger partial charge in [-0.3, -0.25) is 4.79 Å². The predicted octanol–water partition coefficient (Wildman–Crippen LogP) is 1.76. The van der Waals surface area contributed by atoms with Crippen LogP contribution in [-0.2, 0) is 4.79 Å². The minimum absolute atomic E-state index is 0.00977. The predicted molar refractivity (Wildman–Crippen MR) is 64.8 cm³/mol. The van der Waals surface area contributed by atoms with Crippen LogP contribution in [-0.4, -0.2) is 24.1 Å². The summed E-state index contributed by atoms with van der Waals surface area (Å²) >= 11 is 5.69. The largest absolute Gasteiger partial charge is 0.506 e. The first-order valence-corrected chi connectivity index (χ1v) is 5.11. The number of rotatable bonds is 5. The summed E-state index contributed by atoms with van der Waals surface area (Å²) in [7, 11) is 0. The highest BCUT2D eigenvalue weighted by atomic mass is 35.5. The van der Waals surface area contributed by atoms with Crippen LogP contribution in [0.1, 0.15) is 0 Å². The molecule has 0 bridgehead atoms. The van der Waals surface area contributed by atoms with E-state index in [1.165, 1.54) is 12.1 Å². The quantitative estimate of drug-likeness (QED) is 0.418. The van der Waals surface area contributed by atoms with Gasteiger partial charge in [0, 0.05) is 12.2 Å². The number of halogens is 1. The molecule has 0 saturated heterocycles. The molecule has 3 N–H and O–H groups in total. The third kappa shape index (κ3) is 3.92. The zero-order chi connectivity index (χ0) is 12.0. The molecule has 0 fully saturated rings. The van der Waals surface area contributed by atoms with E-state index in [4.69, 9.17) is 11.6 Å². The highest BCUT2D eigenvalue weighted by Gasteiger charge is 2.03. The lowest BCUT2D eigenvalue weighted by atomic mass is 10.3. The molecule has 0 radical (unpaired) electrons. The number of carbonyl (C=O) groups excluding carboxylic acids is 1. The number of hydrogen-bond donors (Lipinski definition) is 3. The molecular weight excluding hydrogens is 228 g/mol. The fraction of sp³-hybridized carbons (Fsp3) is 0.182. The first-order valence-electron chi connectivity index (χ1n) is 4.73. The van der Waals surface area contributed by atoms with Crippen molar-refractivity contribution in [2.45, 2.75) is 0 Å². The molecule has 4 nitrogen and oxygen atoms in total. The molecule has 0 unspecified atom stereocenters. The molecule has 0 heterocycles. The average Bonchev–Trinajstić information content (AvgIpc) is 2.24. The molecule has 1 aromatic rings. The third-order valence-electron chi connectivity index (χ3n) is 1.81. The van der Waals surface area contributed by atoms with Crippen molar-refractivity contribution in [3.8, 4) is 5.75 Å². The molecule has 1 aromatic carbocycles. The van der Waals surface area contributed by atoms with E-state index in [1.54, 1.807) is 12.1 Å². The Labute approximate surface area is 98.9 Å². The van der Waals surface area contributed by atoms with Gasteiger partial charge in [0.05, 0.1) is 11.6 Å². The van der Waals surface area contributed by atoms with Crippen LogP contribution in [0.15, 0.2) is 30.9 Å². The Morgan fingerprint density at radius 2 is 2.31 bits per heavy atom. The number of hydrogen-bond acceptors (Lipinski definition) is 3. The van der Waals surface area contributed by atoms with Crippen molar-refractivity contribution in [2.75, 3.05) is 18.4 Å². The van der Waals surface area contributed by atoms with Crippen LogP contribution in [0, 0.1) is 0 Å². The highest BCUT2D eigenvalue weighted by molar-refractivity contribution is 6.32. The number of phenolic OH excluding ortho intramolecular Hbond substituents is 1. The second-order valence-electron chi connectivity index (χ2n) is 3.13. The average molecular weight is 241 g/mol. The van der Waals surface area contributed by atoms with Crippen molar-refractivity contribution >= 4 is 23.2 Å². The van der Waals surface area contributed by atoms with E-state index >= 15 is 0 Å². The molecule has 0 saturated carbocycles. The van der Waals surface area contributed by atoms with E-state index in [0.29, 0.717) is 12.2 Å². The van der Waals surface area contributed by atoms with Crippen LogP contribution in [0.4, 0.5) is 5.69 Å². The lowest BCUT2D eigenvalue weighted by Gasteiger charge is -2.06. The molecule has 0 aliphatic rings. The van der Waals surface area contributed by atoms with Crippen molar-refractivity contribution < 1.29 is 9.90 Å². The van der Waals surface area contributed by atoms with Crippen LogP contribution in [0.2, 0.25) is 5.02 Å². The summed E-state index contributed by atoms with van der Waals surface area (Å²) in [4.78, 5) is 11.4. The van der Waals surface area contributed by atoms with Gasteiger partial charge in [-0.1, -0.05) is 17.7 Å². The van der Waals surface area contributed by atoms with Gasteiger partial charge in [0.2, 0.25) is 5.91 Å². The lowest BCUT2D eigenvalue weighted by molar-refractivity contribution is -0.115. The van der Waals surface area contributed by atoms with E-state index in [1.807, 2.05) is 0 Å². The minimum Gasteiger partial charge on any atom is -0.506 e. The van der Waals surface area contributed by atoms with E-state index in [9.17, 15) is 9.90 Å². The van der Waals surface area contributed by atoms with Crippen LogP contribution in [0.3, 0.4) is 0 Å². The fourth-order valence-corrected chi connectivity index (χ4v) is 1.26. The van der Waals surface area contributed by atoms with Gasteiger partial charge in [-0.2, -0.15) is 0 Å². The van der Waals surface area contributed by atoms with Gasteiger partial charge >= 0.3 is 0 Å². The normalized spacial score (nSPS) is 9.81. The Morgan fingerprint density at radius 1 is 1.56 bits per heavy atom. The molecule has 0 aliphatic carbocycles. The molecule has 1 amide bonds. The van der Waals surface area contributed by atoms with Crippen molar-refractivity contribution in [1.82, 2.24) is 5.32 Å². The number of phenols is 1. The summed E-state index contributed by atoms with van der Waals surface area (Å²) in [6.45, 7) is 4.30. The summed E-state index contributed by atoms with van der Waals surface area (Å²) in [6, 6.07) is 4.49. The Balaban J connectivity index is 2.49. The van der Waals surface area contributed by atoms with Crippen molar-refractivity contribution in [2.24, 2.45) is 0 Å². The minimum atomic E-state index is -0.177. The molecule has 0 aromatic heterocycles. The monoisotopic (exact) mass is 240 g/mol. The number of nitrogens with one attached hydrogen (secondary N) is 2. The van der Waals surface area contributed by atoms with E-state index < -0.39 is 0 Å². The molecule has 86 valence electrons. The van der Waals surface area contributed by atoms with E-state index in [0.717, 1.165) is 0 Å². The zero-order valence-corrected chi connectivity index (χ0v) is 9.42. The van der Waals surface area contributed by atoms with Gasteiger partial charge in [-0.05, 0) is 18.2 Å². The van der Waals surface area contributed by atoms with Gasteiger partial charge in [-0.25, -0.2) is 0 Å². The second-order valence-corrected chi connectivity index (χ2v) is 3.54. The highest BCUT2D eigenvalue weighted by Crippen LogP contribution is 2.25. The first kappa shape index (κ1) is 12.5. The molecule has 0 spiro atoms. The summed E-state index contributed by atoms with van der Waals surface area (Å²) in [5.41, 5.74) is 0.549. The number of aromatic hydroxyl groups is 1. The number of amides is 1. The number of benzene rings is 1. The van der Waals surface area contributed by atoms with Crippen LogP contribution in [0.25, 0.3) is 0 Å². The molecule has 0 atom stereocenters. The molecule has 1 rings (SSSR count). The third-order valence-corrected chi connectivity index (χ3v) is 2.11. The second kappa shape index (κ2) is 6.15. The summed E-state index contributed by atoms with van der Waals surface area (Å²) in [5.74, 6) is -0.187. The van der Waals surface area contributed by atoms with E-state index in [2.05, 4.69) is 17.2 Å². The van der Waals surface area contributed by atoms with E-state index in [-0.39, 0.29) is 23.2 Å². The molecule has 16 heavy (non-hydrogen) atoms. The Bertz CT molecular complexity index is 394. The Hall–Kier alpha value is -1.52. The smallest absolute Gasteiger partial charge is 0.238 e. The lowest BCUT2D eigenvalue weighted by Crippen LogP contribution is -2.28. The van der Waals surface area contributed by atoms with Crippen molar-refractivity contribution in [3.63, 3.8) is 0 Å². The number of carbonyl (C=O) groups is 1. The van der Waals surface area contributed by atoms with Gasteiger partial charge in [0.25, 0.3) is 0 Å². The van der Waals surface area contributed by atoms with Gasteiger partial charge in [0.15, 0.2) is 0 Å². The van der Waals surface area contributed by atoms with Crippen molar-refractivity contribution in [3.05, 3.63) is 35.9 Å². The van der Waals surface area contributed by atoms with Crippen LogP contribution < -0.4 is 10.6 Å². The standard InChI is InChI=1S/C11H13ClN2O2/c1-2-5-13-7-11(16)14-8-3-4-10(15)9(12)6-8/h2-4,6,13,15H,1,5,7H2,(H,14,16).